The lowest BCUT2D eigenvalue weighted by Gasteiger charge is -2.20. The molecular formula is C14H18N2O4. The molecule has 0 aromatic carbocycles. The second-order valence-electron chi connectivity index (χ2n) is 4.98. The Hall–Kier alpha value is -2.11. The van der Waals surface area contributed by atoms with Crippen molar-refractivity contribution in [3.05, 3.63) is 34.2 Å². The van der Waals surface area contributed by atoms with Gasteiger partial charge in [-0.2, -0.15) is 0 Å². The van der Waals surface area contributed by atoms with Gasteiger partial charge in [0.05, 0.1) is 5.56 Å². The van der Waals surface area contributed by atoms with E-state index in [0.717, 1.165) is 30.3 Å². The van der Waals surface area contributed by atoms with Crippen LogP contribution in [0.25, 0.3) is 0 Å². The van der Waals surface area contributed by atoms with Gasteiger partial charge in [0.15, 0.2) is 0 Å². The molecule has 108 valence electrons. The number of aromatic nitrogens is 1. The summed E-state index contributed by atoms with van der Waals surface area (Å²) in [5.41, 5.74) is -0.355. The Balaban J connectivity index is 2.12. The average Bonchev–Trinajstić information content (AvgIpc) is 2.70. The van der Waals surface area contributed by atoms with Crippen LogP contribution in [0.1, 0.15) is 36.0 Å². The van der Waals surface area contributed by atoms with Gasteiger partial charge < -0.3 is 14.6 Å². The molecule has 1 amide bonds. The highest BCUT2D eigenvalue weighted by atomic mass is 16.4. The molecule has 2 rings (SSSR count). The maximum absolute atomic E-state index is 12.2. The summed E-state index contributed by atoms with van der Waals surface area (Å²) in [4.78, 5) is 36.5. The van der Waals surface area contributed by atoms with Crippen molar-refractivity contribution in [2.75, 3.05) is 13.1 Å². The number of aromatic carboxylic acids is 1. The van der Waals surface area contributed by atoms with Crippen molar-refractivity contribution in [1.82, 2.24) is 9.47 Å². The van der Waals surface area contributed by atoms with E-state index in [1.807, 2.05) is 0 Å². The van der Waals surface area contributed by atoms with Crippen LogP contribution in [-0.4, -0.2) is 39.5 Å². The summed E-state index contributed by atoms with van der Waals surface area (Å²) in [7, 11) is 0. The lowest BCUT2D eigenvalue weighted by molar-refractivity contribution is -0.131. The van der Waals surface area contributed by atoms with Crippen LogP contribution in [0.5, 0.6) is 0 Å². The Morgan fingerprint density at radius 3 is 2.35 bits per heavy atom. The molecule has 0 atom stereocenters. The summed E-state index contributed by atoms with van der Waals surface area (Å²) in [5, 5.41) is 8.91. The van der Waals surface area contributed by atoms with E-state index < -0.39 is 5.97 Å². The van der Waals surface area contributed by atoms with Crippen molar-refractivity contribution >= 4 is 11.9 Å². The number of carbonyl (C=O) groups excluding carboxylic acids is 1. The molecule has 1 aromatic heterocycles. The van der Waals surface area contributed by atoms with Gasteiger partial charge in [0.25, 0.3) is 5.56 Å². The number of likely N-dealkylation sites (tertiary alicyclic amines) is 1. The number of rotatable bonds is 3. The van der Waals surface area contributed by atoms with Gasteiger partial charge in [-0.25, -0.2) is 4.79 Å². The van der Waals surface area contributed by atoms with E-state index in [2.05, 4.69) is 0 Å². The Morgan fingerprint density at radius 2 is 1.75 bits per heavy atom. The number of carboxylic acids is 1. The van der Waals surface area contributed by atoms with Gasteiger partial charge in [0.1, 0.15) is 6.54 Å². The summed E-state index contributed by atoms with van der Waals surface area (Å²) in [6.07, 6.45) is 5.43. The molecule has 2 heterocycles. The van der Waals surface area contributed by atoms with Crippen molar-refractivity contribution < 1.29 is 14.7 Å². The highest BCUT2D eigenvalue weighted by molar-refractivity contribution is 5.87. The fourth-order valence-corrected chi connectivity index (χ4v) is 2.35. The lowest BCUT2D eigenvalue weighted by Crippen LogP contribution is -2.37. The standard InChI is InChI=1S/C14H18N2O4/c17-12-6-5-11(14(19)20)9-16(12)10-13(18)15-7-3-1-2-4-8-15/h5-6,9H,1-4,7-8,10H2,(H,19,20). The van der Waals surface area contributed by atoms with Crippen LogP contribution in [0, 0.1) is 0 Å². The molecule has 1 aliphatic rings. The van der Waals surface area contributed by atoms with Crippen LogP contribution in [0.4, 0.5) is 0 Å². The smallest absolute Gasteiger partial charge is 0.337 e. The van der Waals surface area contributed by atoms with E-state index in [1.165, 1.54) is 18.3 Å². The number of carbonyl (C=O) groups is 2. The third-order valence-electron chi connectivity index (χ3n) is 3.49. The Morgan fingerprint density at radius 1 is 1.10 bits per heavy atom. The van der Waals surface area contributed by atoms with E-state index in [-0.39, 0.29) is 23.6 Å². The van der Waals surface area contributed by atoms with E-state index in [1.54, 1.807) is 4.90 Å². The summed E-state index contributed by atoms with van der Waals surface area (Å²) >= 11 is 0. The monoisotopic (exact) mass is 278 g/mol. The lowest BCUT2D eigenvalue weighted by atomic mass is 10.2. The molecule has 0 radical (unpaired) electrons. The van der Waals surface area contributed by atoms with E-state index in [0.29, 0.717) is 13.1 Å². The van der Waals surface area contributed by atoms with E-state index in [9.17, 15) is 14.4 Å². The summed E-state index contributed by atoms with van der Waals surface area (Å²) in [6, 6.07) is 2.43. The summed E-state index contributed by atoms with van der Waals surface area (Å²) in [5.74, 6) is -1.24. The molecule has 1 fully saturated rings. The molecule has 1 aliphatic heterocycles. The number of hydrogen-bond acceptors (Lipinski definition) is 3. The zero-order chi connectivity index (χ0) is 14.5. The molecular weight excluding hydrogens is 260 g/mol. The predicted octanol–water partition coefficient (Wildman–Crippen LogP) is 0.949. The van der Waals surface area contributed by atoms with E-state index >= 15 is 0 Å². The molecule has 0 spiro atoms. The minimum atomic E-state index is -1.11. The van der Waals surface area contributed by atoms with Gasteiger partial charge in [0.2, 0.25) is 5.91 Å². The van der Waals surface area contributed by atoms with Gasteiger partial charge in [-0.15, -0.1) is 0 Å². The van der Waals surface area contributed by atoms with Gasteiger partial charge >= 0.3 is 5.97 Å². The third kappa shape index (κ3) is 3.46. The molecule has 0 aliphatic carbocycles. The first-order valence-electron chi connectivity index (χ1n) is 6.79. The normalized spacial score (nSPS) is 15.7. The van der Waals surface area contributed by atoms with Crippen LogP contribution in [-0.2, 0) is 11.3 Å². The fraction of sp³-hybridized carbons (Fsp3) is 0.500. The Labute approximate surface area is 116 Å². The molecule has 20 heavy (non-hydrogen) atoms. The predicted molar refractivity (Wildman–Crippen MR) is 72.7 cm³/mol. The topological polar surface area (TPSA) is 79.6 Å². The zero-order valence-electron chi connectivity index (χ0n) is 11.2. The highest BCUT2D eigenvalue weighted by Gasteiger charge is 2.16. The fourth-order valence-electron chi connectivity index (χ4n) is 2.35. The van der Waals surface area contributed by atoms with Crippen LogP contribution >= 0.6 is 0 Å². The number of pyridine rings is 1. The molecule has 6 heteroatoms. The third-order valence-corrected chi connectivity index (χ3v) is 3.49. The molecule has 1 aromatic rings. The molecule has 1 saturated heterocycles. The first-order chi connectivity index (χ1) is 9.58. The first kappa shape index (κ1) is 14.3. The minimum Gasteiger partial charge on any atom is -0.478 e. The maximum atomic E-state index is 12.2. The van der Waals surface area contributed by atoms with Gasteiger partial charge in [0, 0.05) is 25.4 Å². The van der Waals surface area contributed by atoms with Crippen LogP contribution in [0.3, 0.4) is 0 Å². The summed E-state index contributed by atoms with van der Waals surface area (Å²) < 4.78 is 1.16. The first-order valence-corrected chi connectivity index (χ1v) is 6.79. The van der Waals surface area contributed by atoms with Crippen LogP contribution < -0.4 is 5.56 Å². The zero-order valence-corrected chi connectivity index (χ0v) is 11.2. The Bertz CT molecular complexity index is 557. The number of carboxylic acid groups (broad SMARTS) is 1. The average molecular weight is 278 g/mol. The molecule has 0 bridgehead atoms. The van der Waals surface area contributed by atoms with Gasteiger partial charge in [-0.05, 0) is 18.9 Å². The second-order valence-corrected chi connectivity index (χ2v) is 4.98. The largest absolute Gasteiger partial charge is 0.478 e. The second kappa shape index (κ2) is 6.36. The summed E-state index contributed by atoms with van der Waals surface area (Å²) in [6.45, 7) is 1.33. The van der Waals surface area contributed by atoms with Crippen molar-refractivity contribution in [1.29, 1.82) is 0 Å². The van der Waals surface area contributed by atoms with Gasteiger partial charge in [-0.3, -0.25) is 9.59 Å². The minimum absolute atomic E-state index is 0.00765. The van der Waals surface area contributed by atoms with Gasteiger partial charge in [-0.1, -0.05) is 12.8 Å². The van der Waals surface area contributed by atoms with Crippen molar-refractivity contribution in [2.24, 2.45) is 0 Å². The maximum Gasteiger partial charge on any atom is 0.337 e. The van der Waals surface area contributed by atoms with E-state index in [4.69, 9.17) is 5.11 Å². The van der Waals surface area contributed by atoms with Crippen molar-refractivity contribution in [2.45, 2.75) is 32.2 Å². The van der Waals surface area contributed by atoms with Crippen molar-refractivity contribution in [3.8, 4) is 0 Å². The number of nitrogens with zero attached hydrogens (tertiary/aromatic N) is 2. The van der Waals surface area contributed by atoms with Crippen LogP contribution in [0.2, 0.25) is 0 Å². The number of amides is 1. The Kier molecular flexibility index (Phi) is 4.55. The molecule has 6 nitrogen and oxygen atoms in total. The highest BCUT2D eigenvalue weighted by Crippen LogP contribution is 2.10. The molecule has 1 N–H and O–H groups in total. The SMILES string of the molecule is O=C(O)c1ccc(=O)n(CC(=O)N2CCCCCC2)c1. The number of hydrogen-bond donors (Lipinski definition) is 1. The van der Waals surface area contributed by atoms with Crippen molar-refractivity contribution in [3.63, 3.8) is 0 Å². The van der Waals surface area contributed by atoms with Crippen LogP contribution in [0.15, 0.2) is 23.1 Å². The quantitative estimate of drug-likeness (QED) is 0.892. The molecule has 0 saturated carbocycles. The molecule has 0 unspecified atom stereocenters.